The van der Waals surface area contributed by atoms with Crippen LogP contribution in [0.3, 0.4) is 0 Å². The molecule has 1 N–H and O–H groups in total. The van der Waals surface area contributed by atoms with Gasteiger partial charge >= 0.3 is 5.76 Å². The number of fused-ring (bicyclic) bond motifs is 5. The van der Waals surface area contributed by atoms with E-state index in [-0.39, 0.29) is 11.2 Å². The van der Waals surface area contributed by atoms with Gasteiger partial charge in [-0.1, -0.05) is 5.16 Å². The number of benzene rings is 1. The van der Waals surface area contributed by atoms with Crippen molar-refractivity contribution in [2.24, 2.45) is 11.8 Å². The SMILES string of the molecule is CC12CCC(C)(O1)C1CN(c3ccc(-c4noc(=O)[nH]4)cc3)CC12. The number of aromatic amines is 1. The fraction of sp³-hybridized carbons (Fsp3) is 0.556. The number of nitrogens with one attached hydrogen (secondary N) is 1. The Hall–Kier alpha value is -2.08. The average Bonchev–Trinajstić information content (AvgIpc) is 3.28. The normalized spacial score (nSPS) is 37.2. The van der Waals surface area contributed by atoms with E-state index in [1.165, 1.54) is 18.5 Å². The van der Waals surface area contributed by atoms with Crippen molar-refractivity contribution in [3.63, 3.8) is 0 Å². The lowest BCUT2D eigenvalue weighted by molar-refractivity contribution is -0.0448. The first-order valence-corrected chi connectivity index (χ1v) is 8.58. The Balaban J connectivity index is 1.40. The number of rotatable bonds is 2. The van der Waals surface area contributed by atoms with E-state index in [2.05, 4.69) is 45.5 Å². The van der Waals surface area contributed by atoms with Crippen molar-refractivity contribution in [1.82, 2.24) is 10.1 Å². The number of hydrogen-bond acceptors (Lipinski definition) is 5. The van der Waals surface area contributed by atoms with Crippen molar-refractivity contribution < 1.29 is 9.26 Å². The van der Waals surface area contributed by atoms with Crippen molar-refractivity contribution in [2.45, 2.75) is 37.9 Å². The van der Waals surface area contributed by atoms with Crippen molar-refractivity contribution in [3.05, 3.63) is 34.8 Å². The maximum absolute atomic E-state index is 11.1. The number of nitrogens with zero attached hydrogens (tertiary/aromatic N) is 2. The highest BCUT2D eigenvalue weighted by Gasteiger charge is 2.65. The third-order valence-electron chi connectivity index (χ3n) is 6.42. The summed E-state index contributed by atoms with van der Waals surface area (Å²) in [6.07, 6.45) is 2.36. The van der Waals surface area contributed by atoms with Gasteiger partial charge in [0.25, 0.3) is 0 Å². The van der Waals surface area contributed by atoms with E-state index in [0.717, 1.165) is 18.7 Å². The first kappa shape index (κ1) is 14.3. The second-order valence-electron chi connectivity index (χ2n) is 7.84. The molecular formula is C18H21N3O3. The summed E-state index contributed by atoms with van der Waals surface area (Å²) in [4.78, 5) is 16.1. The van der Waals surface area contributed by atoms with Crippen molar-refractivity contribution >= 4 is 5.69 Å². The molecule has 6 nitrogen and oxygen atoms in total. The van der Waals surface area contributed by atoms with E-state index in [4.69, 9.17) is 4.74 Å². The molecule has 24 heavy (non-hydrogen) atoms. The Morgan fingerprint density at radius 1 is 1.12 bits per heavy atom. The molecule has 1 aromatic heterocycles. The minimum atomic E-state index is -0.529. The van der Waals surface area contributed by atoms with E-state index < -0.39 is 5.76 Å². The van der Waals surface area contributed by atoms with E-state index in [1.807, 2.05) is 12.1 Å². The largest absolute Gasteiger partial charge is 0.439 e. The minimum absolute atomic E-state index is 0.0499. The minimum Gasteiger partial charge on any atom is -0.371 e. The number of H-pyrrole nitrogens is 1. The van der Waals surface area contributed by atoms with Gasteiger partial charge in [-0.3, -0.25) is 9.51 Å². The maximum Gasteiger partial charge on any atom is 0.439 e. The summed E-state index contributed by atoms with van der Waals surface area (Å²) in [7, 11) is 0. The van der Waals surface area contributed by atoms with Gasteiger partial charge in [0.15, 0.2) is 5.82 Å². The molecule has 0 amide bonds. The Bertz CT molecular complexity index is 818. The quantitative estimate of drug-likeness (QED) is 0.917. The Labute approximate surface area is 139 Å². The topological polar surface area (TPSA) is 71.4 Å². The van der Waals surface area contributed by atoms with Crippen molar-refractivity contribution in [3.8, 4) is 11.4 Å². The summed E-state index contributed by atoms with van der Waals surface area (Å²) >= 11 is 0. The predicted octanol–water partition coefficient (Wildman–Crippen LogP) is 2.42. The molecule has 3 fully saturated rings. The molecule has 0 spiro atoms. The first-order valence-electron chi connectivity index (χ1n) is 8.58. The van der Waals surface area contributed by atoms with Gasteiger partial charge in [-0.25, -0.2) is 4.79 Å². The van der Waals surface area contributed by atoms with Gasteiger partial charge in [-0.05, 0) is 51.0 Å². The van der Waals surface area contributed by atoms with Gasteiger partial charge < -0.3 is 9.64 Å². The zero-order valence-electron chi connectivity index (χ0n) is 13.9. The lowest BCUT2D eigenvalue weighted by Crippen LogP contribution is -2.37. The molecule has 0 saturated carbocycles. The molecule has 5 rings (SSSR count). The molecule has 126 valence electrons. The van der Waals surface area contributed by atoms with E-state index in [1.54, 1.807) is 0 Å². The molecule has 4 heterocycles. The lowest BCUT2D eigenvalue weighted by Gasteiger charge is -2.29. The Morgan fingerprint density at radius 3 is 2.29 bits per heavy atom. The third-order valence-corrected chi connectivity index (χ3v) is 6.42. The second-order valence-corrected chi connectivity index (χ2v) is 7.84. The van der Waals surface area contributed by atoms with Crippen LogP contribution < -0.4 is 10.7 Å². The van der Waals surface area contributed by atoms with Gasteiger partial charge in [-0.2, -0.15) is 0 Å². The van der Waals surface area contributed by atoms with Crippen LogP contribution in [0.5, 0.6) is 0 Å². The molecule has 6 heteroatoms. The van der Waals surface area contributed by atoms with E-state index in [9.17, 15) is 4.79 Å². The predicted molar refractivity (Wildman–Crippen MR) is 88.9 cm³/mol. The van der Waals surface area contributed by atoms with Gasteiger partial charge in [-0.15, -0.1) is 0 Å². The van der Waals surface area contributed by atoms with Crippen molar-refractivity contribution in [1.29, 1.82) is 0 Å². The lowest BCUT2D eigenvalue weighted by atomic mass is 9.69. The van der Waals surface area contributed by atoms with Crippen LogP contribution in [0.1, 0.15) is 26.7 Å². The summed E-state index contributed by atoms with van der Waals surface area (Å²) in [6.45, 7) is 6.68. The molecule has 4 unspecified atom stereocenters. The van der Waals surface area contributed by atoms with Crippen molar-refractivity contribution in [2.75, 3.05) is 18.0 Å². The van der Waals surface area contributed by atoms with Crippen LogP contribution in [0.4, 0.5) is 5.69 Å². The monoisotopic (exact) mass is 327 g/mol. The standard InChI is InChI=1S/C18H21N3O3/c1-17-7-8-18(2,24-17)14-10-21(9-13(14)17)12-5-3-11(4-6-12)15-19-16(22)23-20-15/h3-6,13-14H,7-10H2,1-2H3,(H,19,20,22). The van der Waals surface area contributed by atoms with Crippen LogP contribution in [0, 0.1) is 11.8 Å². The van der Waals surface area contributed by atoms with Crippen LogP contribution in [0.25, 0.3) is 11.4 Å². The van der Waals surface area contributed by atoms with Gasteiger partial charge in [0, 0.05) is 36.2 Å². The molecular weight excluding hydrogens is 306 g/mol. The van der Waals surface area contributed by atoms with Crippen LogP contribution in [0.15, 0.2) is 33.6 Å². The highest BCUT2D eigenvalue weighted by Crippen LogP contribution is 2.60. The zero-order valence-corrected chi connectivity index (χ0v) is 13.9. The second kappa shape index (κ2) is 4.51. The maximum atomic E-state index is 11.1. The average molecular weight is 327 g/mol. The highest BCUT2D eigenvalue weighted by atomic mass is 16.5. The Kier molecular flexibility index (Phi) is 2.68. The smallest absolute Gasteiger partial charge is 0.371 e. The van der Waals surface area contributed by atoms with Gasteiger partial charge in [0.1, 0.15) is 0 Å². The molecule has 4 atom stereocenters. The summed E-state index contributed by atoms with van der Waals surface area (Å²) in [5.41, 5.74) is 2.17. The van der Waals surface area contributed by atoms with Crippen LogP contribution in [0.2, 0.25) is 0 Å². The van der Waals surface area contributed by atoms with Gasteiger partial charge in [0.05, 0.1) is 11.2 Å². The molecule has 2 aromatic rings. The number of hydrogen-bond donors (Lipinski definition) is 1. The van der Waals surface area contributed by atoms with Crippen LogP contribution in [-0.2, 0) is 4.74 Å². The molecule has 2 bridgehead atoms. The fourth-order valence-corrected chi connectivity index (χ4v) is 5.09. The molecule has 3 aliphatic rings. The Morgan fingerprint density at radius 2 is 1.75 bits per heavy atom. The number of ether oxygens (including phenoxy) is 1. The third kappa shape index (κ3) is 1.86. The first-order chi connectivity index (χ1) is 11.5. The molecule has 0 aliphatic carbocycles. The zero-order chi connectivity index (χ0) is 16.5. The molecule has 3 saturated heterocycles. The fourth-order valence-electron chi connectivity index (χ4n) is 5.09. The number of anilines is 1. The number of aromatic nitrogens is 2. The summed E-state index contributed by atoms with van der Waals surface area (Å²) in [5, 5.41) is 3.73. The van der Waals surface area contributed by atoms with E-state index in [0.29, 0.717) is 17.7 Å². The van der Waals surface area contributed by atoms with Crippen LogP contribution >= 0.6 is 0 Å². The van der Waals surface area contributed by atoms with Gasteiger partial charge in [0.2, 0.25) is 0 Å². The summed E-state index contributed by atoms with van der Waals surface area (Å²) in [5.74, 6) is 1.17. The highest BCUT2D eigenvalue weighted by molar-refractivity contribution is 5.60. The summed E-state index contributed by atoms with van der Waals surface area (Å²) < 4.78 is 11.0. The molecule has 1 aromatic carbocycles. The van der Waals surface area contributed by atoms with E-state index >= 15 is 0 Å². The molecule has 0 radical (unpaired) electrons. The van der Waals surface area contributed by atoms with Crippen LogP contribution in [-0.4, -0.2) is 34.4 Å². The molecule has 3 aliphatic heterocycles. The summed E-state index contributed by atoms with van der Waals surface area (Å²) in [6, 6.07) is 8.14.